The molecule has 118 valence electrons. The SMILES string of the molecule is COC[C@@H]1CN(Cc2ccsc2)Cc2nnn(CC3CC3)c21. The number of ether oxygens (including phenoxy) is 1. The molecule has 0 spiro atoms. The lowest BCUT2D eigenvalue weighted by atomic mass is 9.98. The second-order valence-corrected chi connectivity index (χ2v) is 7.28. The average molecular weight is 318 g/mol. The number of fused-ring (bicyclic) bond motifs is 1. The van der Waals surface area contributed by atoms with E-state index in [0.717, 1.165) is 44.4 Å². The first-order valence-corrected chi connectivity index (χ1v) is 8.92. The molecule has 1 aliphatic heterocycles. The Morgan fingerprint density at radius 1 is 1.41 bits per heavy atom. The summed E-state index contributed by atoms with van der Waals surface area (Å²) in [6.45, 7) is 4.68. The van der Waals surface area contributed by atoms with Gasteiger partial charge in [-0.15, -0.1) is 5.10 Å². The minimum Gasteiger partial charge on any atom is -0.384 e. The predicted molar refractivity (Wildman–Crippen MR) is 85.8 cm³/mol. The maximum absolute atomic E-state index is 5.47. The van der Waals surface area contributed by atoms with E-state index in [1.807, 2.05) is 0 Å². The molecule has 1 atom stereocenters. The van der Waals surface area contributed by atoms with Crippen LogP contribution in [-0.2, 0) is 24.4 Å². The highest BCUT2D eigenvalue weighted by Gasteiger charge is 2.32. The average Bonchev–Trinajstić information content (AvgIpc) is 3.00. The van der Waals surface area contributed by atoms with E-state index in [1.54, 1.807) is 18.4 Å². The van der Waals surface area contributed by atoms with Gasteiger partial charge >= 0.3 is 0 Å². The highest BCUT2D eigenvalue weighted by Crippen LogP contribution is 2.34. The third kappa shape index (κ3) is 2.95. The number of nitrogens with zero attached hydrogens (tertiary/aromatic N) is 4. The summed E-state index contributed by atoms with van der Waals surface area (Å²) in [7, 11) is 1.78. The van der Waals surface area contributed by atoms with Crippen LogP contribution in [-0.4, -0.2) is 40.2 Å². The summed E-state index contributed by atoms with van der Waals surface area (Å²) in [5, 5.41) is 13.3. The molecule has 6 heteroatoms. The van der Waals surface area contributed by atoms with Crippen molar-refractivity contribution in [2.45, 2.75) is 38.4 Å². The molecule has 0 N–H and O–H groups in total. The summed E-state index contributed by atoms with van der Waals surface area (Å²) < 4.78 is 7.62. The normalized spacial score (nSPS) is 22.0. The van der Waals surface area contributed by atoms with Crippen LogP contribution >= 0.6 is 11.3 Å². The lowest BCUT2D eigenvalue weighted by Gasteiger charge is -2.32. The third-order valence-electron chi connectivity index (χ3n) is 4.57. The van der Waals surface area contributed by atoms with Gasteiger partial charge in [0.25, 0.3) is 0 Å². The smallest absolute Gasteiger partial charge is 0.100 e. The molecule has 5 nitrogen and oxygen atoms in total. The van der Waals surface area contributed by atoms with Crippen LogP contribution in [0, 0.1) is 5.92 Å². The molecule has 2 aromatic heterocycles. The molecule has 0 aromatic carbocycles. The highest BCUT2D eigenvalue weighted by molar-refractivity contribution is 7.07. The fourth-order valence-corrected chi connectivity index (χ4v) is 4.02. The quantitative estimate of drug-likeness (QED) is 0.821. The first-order valence-electron chi connectivity index (χ1n) is 7.98. The standard InChI is InChI=1S/C16H22N4OS/c1-21-10-14-8-19(6-13-4-5-22-11-13)9-15-16(14)20(18-17-15)7-12-2-3-12/h4-5,11-12,14H,2-3,6-10H2,1H3/t14-/m0/s1. The van der Waals surface area contributed by atoms with Crippen LogP contribution in [0.3, 0.4) is 0 Å². The Labute approximate surface area is 134 Å². The number of methoxy groups -OCH3 is 1. The van der Waals surface area contributed by atoms with Gasteiger partial charge in [0.15, 0.2) is 0 Å². The molecular formula is C16H22N4OS. The van der Waals surface area contributed by atoms with E-state index in [4.69, 9.17) is 4.74 Å². The second kappa shape index (κ2) is 6.10. The van der Waals surface area contributed by atoms with E-state index >= 15 is 0 Å². The molecular weight excluding hydrogens is 296 g/mol. The molecule has 22 heavy (non-hydrogen) atoms. The van der Waals surface area contributed by atoms with Crippen molar-refractivity contribution in [3.8, 4) is 0 Å². The minimum atomic E-state index is 0.376. The Balaban J connectivity index is 1.55. The molecule has 0 radical (unpaired) electrons. The summed E-state index contributed by atoms with van der Waals surface area (Å²) in [6, 6.07) is 2.20. The number of hydrogen-bond acceptors (Lipinski definition) is 5. The van der Waals surface area contributed by atoms with Gasteiger partial charge in [0, 0.05) is 39.2 Å². The Kier molecular flexibility index (Phi) is 3.98. The van der Waals surface area contributed by atoms with E-state index in [1.165, 1.54) is 24.1 Å². The van der Waals surface area contributed by atoms with Crippen LogP contribution in [0.5, 0.6) is 0 Å². The summed E-state index contributed by atoms with van der Waals surface area (Å²) in [5.74, 6) is 1.19. The fourth-order valence-electron chi connectivity index (χ4n) is 3.36. The third-order valence-corrected chi connectivity index (χ3v) is 5.30. The van der Waals surface area contributed by atoms with Crippen molar-refractivity contribution >= 4 is 11.3 Å². The van der Waals surface area contributed by atoms with Gasteiger partial charge in [-0.25, -0.2) is 4.68 Å². The summed E-state index contributed by atoms with van der Waals surface area (Å²) >= 11 is 1.76. The molecule has 1 saturated carbocycles. The van der Waals surface area contributed by atoms with Crippen molar-refractivity contribution < 1.29 is 4.74 Å². The molecule has 1 fully saturated rings. The van der Waals surface area contributed by atoms with Crippen LogP contribution < -0.4 is 0 Å². The van der Waals surface area contributed by atoms with E-state index in [2.05, 4.69) is 36.7 Å². The topological polar surface area (TPSA) is 43.2 Å². The van der Waals surface area contributed by atoms with Gasteiger partial charge in [0.2, 0.25) is 0 Å². The number of rotatable bonds is 6. The van der Waals surface area contributed by atoms with Crippen molar-refractivity contribution in [3.63, 3.8) is 0 Å². The van der Waals surface area contributed by atoms with Gasteiger partial charge in [0.05, 0.1) is 12.3 Å². The van der Waals surface area contributed by atoms with Gasteiger partial charge in [-0.2, -0.15) is 11.3 Å². The monoisotopic (exact) mass is 318 g/mol. The highest BCUT2D eigenvalue weighted by atomic mass is 32.1. The summed E-state index contributed by atoms with van der Waals surface area (Å²) in [6.07, 6.45) is 2.68. The Hall–Kier alpha value is -1.24. The van der Waals surface area contributed by atoms with E-state index in [-0.39, 0.29) is 0 Å². The minimum absolute atomic E-state index is 0.376. The Morgan fingerprint density at radius 2 is 2.32 bits per heavy atom. The number of hydrogen-bond donors (Lipinski definition) is 0. The molecule has 4 rings (SSSR count). The van der Waals surface area contributed by atoms with Crippen LogP contribution in [0.25, 0.3) is 0 Å². The summed E-state index contributed by atoms with van der Waals surface area (Å²) in [5.41, 5.74) is 3.84. The van der Waals surface area contributed by atoms with Gasteiger partial charge in [-0.1, -0.05) is 5.21 Å². The van der Waals surface area contributed by atoms with E-state index < -0.39 is 0 Å². The van der Waals surface area contributed by atoms with Crippen molar-refractivity contribution in [3.05, 3.63) is 33.8 Å². The molecule has 1 aliphatic carbocycles. The van der Waals surface area contributed by atoms with Crippen molar-refractivity contribution in [1.29, 1.82) is 0 Å². The van der Waals surface area contributed by atoms with Gasteiger partial charge < -0.3 is 4.74 Å². The van der Waals surface area contributed by atoms with Crippen LogP contribution in [0.15, 0.2) is 16.8 Å². The molecule has 2 aliphatic rings. The lowest BCUT2D eigenvalue weighted by Crippen LogP contribution is -2.36. The maximum atomic E-state index is 5.47. The van der Waals surface area contributed by atoms with Crippen molar-refractivity contribution in [1.82, 2.24) is 19.9 Å². The summed E-state index contributed by atoms with van der Waals surface area (Å²) in [4.78, 5) is 2.46. The molecule has 0 bridgehead atoms. The lowest BCUT2D eigenvalue weighted by molar-refractivity contribution is 0.131. The molecule has 0 saturated heterocycles. The van der Waals surface area contributed by atoms with Crippen LogP contribution in [0.4, 0.5) is 0 Å². The van der Waals surface area contributed by atoms with Crippen molar-refractivity contribution in [2.75, 3.05) is 20.3 Å². The van der Waals surface area contributed by atoms with Gasteiger partial charge in [-0.3, -0.25) is 4.90 Å². The fraction of sp³-hybridized carbons (Fsp3) is 0.625. The molecule has 3 heterocycles. The largest absolute Gasteiger partial charge is 0.384 e. The zero-order valence-corrected chi connectivity index (χ0v) is 13.8. The Bertz CT molecular complexity index is 620. The van der Waals surface area contributed by atoms with Gasteiger partial charge in [-0.05, 0) is 41.1 Å². The second-order valence-electron chi connectivity index (χ2n) is 6.50. The zero-order chi connectivity index (χ0) is 14.9. The molecule has 0 unspecified atom stereocenters. The van der Waals surface area contributed by atoms with E-state index in [0.29, 0.717) is 5.92 Å². The first kappa shape index (κ1) is 14.4. The Morgan fingerprint density at radius 3 is 3.05 bits per heavy atom. The van der Waals surface area contributed by atoms with E-state index in [9.17, 15) is 0 Å². The maximum Gasteiger partial charge on any atom is 0.100 e. The van der Waals surface area contributed by atoms with Crippen LogP contribution in [0.1, 0.15) is 35.7 Å². The first-order chi connectivity index (χ1) is 10.8. The molecule has 2 aromatic rings. The van der Waals surface area contributed by atoms with Crippen LogP contribution in [0.2, 0.25) is 0 Å². The molecule has 0 amide bonds. The number of aromatic nitrogens is 3. The van der Waals surface area contributed by atoms with Crippen molar-refractivity contribution in [2.24, 2.45) is 5.92 Å². The number of thiophene rings is 1. The van der Waals surface area contributed by atoms with Gasteiger partial charge in [0.1, 0.15) is 5.69 Å². The zero-order valence-electron chi connectivity index (χ0n) is 12.9. The predicted octanol–water partition coefficient (Wildman–Crippen LogP) is 2.50.